The highest BCUT2D eigenvalue weighted by molar-refractivity contribution is 9.10. The van der Waals surface area contributed by atoms with Gasteiger partial charge in [-0.1, -0.05) is 44.0 Å². The van der Waals surface area contributed by atoms with Gasteiger partial charge in [-0.3, -0.25) is 0 Å². The van der Waals surface area contributed by atoms with Crippen LogP contribution in [-0.2, 0) is 29.5 Å². The lowest BCUT2D eigenvalue weighted by molar-refractivity contribution is 0.460. The number of benzene rings is 10. The van der Waals surface area contributed by atoms with E-state index in [2.05, 4.69) is 31.9 Å². The minimum absolute atomic E-state index is 0.0597. The lowest BCUT2D eigenvalue weighted by atomic mass is 10.3. The molecule has 0 N–H and O–H groups in total. The molecule has 0 amide bonds. The Bertz CT molecular complexity index is 4030. The summed E-state index contributed by atoms with van der Waals surface area (Å²) in [4.78, 5) is 0.557. The highest BCUT2D eigenvalue weighted by Crippen LogP contribution is 2.35. The van der Waals surface area contributed by atoms with Crippen molar-refractivity contribution in [3.63, 3.8) is 0 Å². The molecule has 0 unspecified atom stereocenters. The molecule has 0 fully saturated rings. The summed E-state index contributed by atoms with van der Waals surface area (Å²) in [5.74, 6) is 5.65. The van der Waals surface area contributed by atoms with Crippen LogP contribution in [0.4, 0.5) is 0 Å². The average Bonchev–Trinajstić information content (AvgIpc) is 3.43. The molecule has 77 heavy (non-hydrogen) atoms. The van der Waals surface area contributed by atoms with Gasteiger partial charge in [-0.05, 0) is 224 Å². The number of hydrogen-bond acceptors (Lipinski definition) is 12. The summed E-state index contributed by atoms with van der Waals surface area (Å²) in [5, 5.41) is 0. The second-order valence-corrected chi connectivity index (χ2v) is 24.5. The van der Waals surface area contributed by atoms with Crippen molar-refractivity contribution >= 4 is 61.4 Å². The summed E-state index contributed by atoms with van der Waals surface area (Å²) >= 11 is 6.80. The second kappa shape index (κ2) is 22.6. The lowest BCUT2D eigenvalue weighted by Gasteiger charge is -2.11. The Morgan fingerprint density at radius 2 is 0.403 bits per heavy atom. The molecule has 0 saturated heterocycles. The first kappa shape index (κ1) is 52.3. The molecule has 0 spiro atoms. The highest BCUT2D eigenvalue weighted by Gasteiger charge is 2.21. The Morgan fingerprint density at radius 3 is 0.649 bits per heavy atom. The summed E-state index contributed by atoms with van der Waals surface area (Å²) in [6.45, 7) is 0. The number of rotatable bonds is 18. The molecule has 0 radical (unpaired) electrons. The fraction of sp³-hybridized carbons (Fsp3) is 0. The molecule has 0 aromatic heterocycles. The Hall–Kier alpha value is -8.19. The first-order valence-corrected chi connectivity index (χ1v) is 29.3. The van der Waals surface area contributed by atoms with Gasteiger partial charge in [0.15, 0.2) is 0 Å². The summed E-state index contributed by atoms with van der Waals surface area (Å²) in [7, 11) is -11.5. The molecule has 0 heterocycles. The van der Waals surface area contributed by atoms with Crippen molar-refractivity contribution in [1.82, 2.24) is 0 Å². The van der Waals surface area contributed by atoms with Crippen molar-refractivity contribution in [2.75, 3.05) is 0 Å². The van der Waals surface area contributed by atoms with Gasteiger partial charge in [0.2, 0.25) is 29.5 Å². The van der Waals surface area contributed by atoms with Gasteiger partial charge in [0, 0.05) is 15.0 Å². The van der Waals surface area contributed by atoms with E-state index in [-0.39, 0.29) is 29.4 Å². The van der Waals surface area contributed by atoms with Crippen LogP contribution in [0.3, 0.4) is 0 Å². The maximum atomic E-state index is 13.6. The maximum Gasteiger partial charge on any atom is 0.206 e. The van der Waals surface area contributed by atoms with Crippen LogP contribution >= 0.6 is 31.9 Å². The Morgan fingerprint density at radius 1 is 0.208 bits per heavy atom. The van der Waals surface area contributed by atoms with Crippen LogP contribution in [0.25, 0.3) is 0 Å². The zero-order valence-corrected chi connectivity index (χ0v) is 45.6. The second-order valence-electron chi connectivity index (χ2n) is 16.8. The van der Waals surface area contributed by atoms with Crippen LogP contribution in [0.1, 0.15) is 0 Å². The smallest absolute Gasteiger partial charge is 0.206 e. The molecule has 12 nitrogen and oxygen atoms in total. The molecule has 0 aliphatic heterocycles. The molecule has 10 aromatic rings. The number of ether oxygens (including phenoxy) is 6. The standard InChI is InChI=1S/C60H40Br2O12S3/c61-41-7-9-43(10-8-41)69-46-15-27-55(28-16-46)76(65,66)59-35-23-50(24-36-59)73-53-5-2-6-54(40-53)74-51-25-37-60(38-26-51)77(67,68)57-31-19-48(20-32-57)71-45-13-11-44(12-14-45)70-47-17-29-56(30-18-47)75(63,64)58-33-21-49(22-34-58)72-52-4-1-3-42(62)39-52/h1-40H. The predicted molar refractivity (Wildman–Crippen MR) is 297 cm³/mol. The van der Waals surface area contributed by atoms with E-state index in [9.17, 15) is 25.3 Å². The van der Waals surface area contributed by atoms with Crippen LogP contribution in [0.2, 0.25) is 0 Å². The largest absolute Gasteiger partial charge is 0.457 e. The van der Waals surface area contributed by atoms with Crippen LogP contribution in [0.5, 0.6) is 69.0 Å². The molecule has 0 aliphatic rings. The Balaban J connectivity index is 0.698. The van der Waals surface area contributed by atoms with Gasteiger partial charge in [0.05, 0.1) is 29.4 Å². The van der Waals surface area contributed by atoms with Crippen LogP contribution in [0, 0.1) is 0 Å². The van der Waals surface area contributed by atoms with Crippen molar-refractivity contribution in [3.8, 4) is 69.0 Å². The third-order valence-corrected chi connectivity index (χ3v) is 17.8. The van der Waals surface area contributed by atoms with Gasteiger partial charge in [-0.25, -0.2) is 25.3 Å². The van der Waals surface area contributed by atoms with E-state index in [1.165, 1.54) is 72.8 Å². The summed E-state index contributed by atoms with van der Waals surface area (Å²) in [5.41, 5.74) is 0. The third-order valence-electron chi connectivity index (χ3n) is 11.5. The number of hydrogen-bond donors (Lipinski definition) is 0. The first-order chi connectivity index (χ1) is 37.1. The molecule has 0 aliphatic carbocycles. The van der Waals surface area contributed by atoms with Crippen molar-refractivity contribution in [3.05, 3.63) is 252 Å². The molecule has 0 atom stereocenters. The molecular weight excluding hydrogens is 1170 g/mol. The third kappa shape index (κ3) is 12.7. The van der Waals surface area contributed by atoms with E-state index in [4.69, 9.17) is 28.4 Å². The van der Waals surface area contributed by atoms with E-state index in [0.29, 0.717) is 69.0 Å². The molecule has 0 saturated carbocycles. The van der Waals surface area contributed by atoms with E-state index >= 15 is 0 Å². The summed E-state index contributed by atoms with van der Waals surface area (Å²) in [6, 6.07) is 64.9. The first-order valence-electron chi connectivity index (χ1n) is 23.3. The van der Waals surface area contributed by atoms with E-state index in [1.54, 1.807) is 140 Å². The fourth-order valence-corrected chi connectivity index (χ4v) is 12.0. The topological polar surface area (TPSA) is 158 Å². The van der Waals surface area contributed by atoms with Crippen LogP contribution in [-0.4, -0.2) is 25.3 Å². The molecule has 0 bridgehead atoms. The quantitative estimate of drug-likeness (QED) is 0.0802. The summed E-state index contributed by atoms with van der Waals surface area (Å²) in [6.07, 6.45) is 0. The molecule has 10 aromatic carbocycles. The summed E-state index contributed by atoms with van der Waals surface area (Å²) < 4.78 is 118. The Labute approximate surface area is 461 Å². The van der Waals surface area contributed by atoms with E-state index in [1.807, 2.05) is 30.3 Å². The maximum absolute atomic E-state index is 13.6. The zero-order valence-electron chi connectivity index (χ0n) is 40.0. The average molecular weight is 1210 g/mol. The predicted octanol–water partition coefficient (Wildman–Crippen LogP) is 16.5. The number of halogens is 2. The van der Waals surface area contributed by atoms with Crippen LogP contribution < -0.4 is 28.4 Å². The van der Waals surface area contributed by atoms with E-state index < -0.39 is 29.5 Å². The van der Waals surface area contributed by atoms with Gasteiger partial charge in [-0.2, -0.15) is 0 Å². The highest BCUT2D eigenvalue weighted by atomic mass is 79.9. The monoisotopic (exact) mass is 1210 g/mol. The minimum atomic E-state index is -3.91. The van der Waals surface area contributed by atoms with Crippen molar-refractivity contribution in [2.45, 2.75) is 29.4 Å². The van der Waals surface area contributed by atoms with E-state index in [0.717, 1.165) is 8.95 Å². The minimum Gasteiger partial charge on any atom is -0.457 e. The SMILES string of the molecule is O=S(=O)(c1ccc(Oc2ccc(Oc3ccc(S(=O)(=O)c4ccc(Oc5cccc(Oc6ccc(S(=O)(=O)c7ccc(Oc8ccc(Br)cc8)cc7)cc6)c5)cc4)cc3)cc2)cc1)c1ccc(Oc2cccc(Br)c2)cc1. The Kier molecular flexibility index (Phi) is 15.3. The van der Waals surface area contributed by atoms with Crippen molar-refractivity contribution in [2.24, 2.45) is 0 Å². The molecule has 384 valence electrons. The van der Waals surface area contributed by atoms with Crippen molar-refractivity contribution < 1.29 is 53.7 Å². The molecular formula is C60H40Br2O12S3. The molecule has 10 rings (SSSR count). The van der Waals surface area contributed by atoms with Gasteiger partial charge < -0.3 is 28.4 Å². The van der Waals surface area contributed by atoms with Gasteiger partial charge in [0.1, 0.15) is 69.0 Å². The fourth-order valence-electron chi connectivity index (χ4n) is 7.56. The van der Waals surface area contributed by atoms with Gasteiger partial charge in [0.25, 0.3) is 0 Å². The molecule has 17 heteroatoms. The number of sulfone groups is 3. The normalized spacial score (nSPS) is 11.6. The van der Waals surface area contributed by atoms with Gasteiger partial charge in [-0.15, -0.1) is 0 Å². The van der Waals surface area contributed by atoms with Gasteiger partial charge >= 0.3 is 0 Å². The zero-order chi connectivity index (χ0) is 53.6. The van der Waals surface area contributed by atoms with Crippen LogP contribution in [0.15, 0.2) is 281 Å². The lowest BCUT2D eigenvalue weighted by Crippen LogP contribution is -2.02. The van der Waals surface area contributed by atoms with Crippen molar-refractivity contribution in [1.29, 1.82) is 0 Å².